The predicted octanol–water partition coefficient (Wildman–Crippen LogP) is 4.53. The Bertz CT molecular complexity index is 510. The SMILES string of the molecule is CC(=O)CC1(C)c2ccccc2CC(C)(C)C1(C)C. The van der Waals surface area contributed by atoms with Crippen molar-refractivity contribution in [1.82, 2.24) is 0 Å². The fraction of sp³-hybridized carbons (Fsp3) is 0.611. The Morgan fingerprint density at radius 2 is 1.68 bits per heavy atom. The summed E-state index contributed by atoms with van der Waals surface area (Å²) in [7, 11) is 0. The standard InChI is InChI=1S/C18H26O/c1-13(19)11-18(6)15-10-8-7-9-14(15)12-16(2,3)17(18,4)5/h7-10H,11-12H2,1-6H3. The highest BCUT2D eigenvalue weighted by atomic mass is 16.1. The molecule has 1 aromatic carbocycles. The second-order valence-corrected chi connectivity index (χ2v) is 7.55. The first-order valence-corrected chi connectivity index (χ1v) is 7.20. The van der Waals surface area contributed by atoms with Gasteiger partial charge >= 0.3 is 0 Å². The van der Waals surface area contributed by atoms with E-state index in [-0.39, 0.29) is 22.0 Å². The number of rotatable bonds is 2. The first-order chi connectivity index (χ1) is 8.62. The highest BCUT2D eigenvalue weighted by Crippen LogP contribution is 2.59. The Labute approximate surface area is 117 Å². The van der Waals surface area contributed by atoms with E-state index in [1.165, 1.54) is 11.1 Å². The Morgan fingerprint density at radius 1 is 1.11 bits per heavy atom. The monoisotopic (exact) mass is 258 g/mol. The molecule has 0 aliphatic heterocycles. The van der Waals surface area contributed by atoms with E-state index in [2.05, 4.69) is 58.9 Å². The maximum atomic E-state index is 11.8. The van der Waals surface area contributed by atoms with Crippen LogP contribution in [0.4, 0.5) is 0 Å². The molecular weight excluding hydrogens is 232 g/mol. The van der Waals surface area contributed by atoms with Crippen LogP contribution in [-0.4, -0.2) is 5.78 Å². The van der Waals surface area contributed by atoms with Crippen LogP contribution in [0.5, 0.6) is 0 Å². The molecule has 0 saturated carbocycles. The summed E-state index contributed by atoms with van der Waals surface area (Å²) in [4.78, 5) is 11.8. The van der Waals surface area contributed by atoms with Crippen molar-refractivity contribution >= 4 is 5.78 Å². The lowest BCUT2D eigenvalue weighted by Crippen LogP contribution is -2.54. The van der Waals surface area contributed by atoms with E-state index in [1.807, 2.05) is 0 Å². The highest BCUT2D eigenvalue weighted by molar-refractivity contribution is 5.77. The van der Waals surface area contributed by atoms with Gasteiger partial charge in [-0.25, -0.2) is 0 Å². The van der Waals surface area contributed by atoms with Gasteiger partial charge in [-0.15, -0.1) is 0 Å². The van der Waals surface area contributed by atoms with Crippen molar-refractivity contribution in [2.75, 3.05) is 0 Å². The van der Waals surface area contributed by atoms with Crippen LogP contribution in [-0.2, 0) is 16.6 Å². The van der Waals surface area contributed by atoms with Crippen LogP contribution in [0, 0.1) is 10.8 Å². The molecule has 0 N–H and O–H groups in total. The first-order valence-electron chi connectivity index (χ1n) is 7.20. The molecular formula is C18H26O. The summed E-state index contributed by atoms with van der Waals surface area (Å²) < 4.78 is 0. The fourth-order valence-electron chi connectivity index (χ4n) is 3.81. The van der Waals surface area contributed by atoms with Crippen molar-refractivity contribution in [2.24, 2.45) is 10.8 Å². The molecule has 0 radical (unpaired) electrons. The maximum Gasteiger partial charge on any atom is 0.130 e. The van der Waals surface area contributed by atoms with E-state index in [9.17, 15) is 4.79 Å². The molecule has 1 aliphatic carbocycles. The fourth-order valence-corrected chi connectivity index (χ4v) is 3.81. The molecule has 2 rings (SSSR count). The minimum absolute atomic E-state index is 0.0834. The topological polar surface area (TPSA) is 17.1 Å². The quantitative estimate of drug-likeness (QED) is 0.761. The van der Waals surface area contributed by atoms with Gasteiger partial charge in [0, 0.05) is 11.8 Å². The van der Waals surface area contributed by atoms with Crippen LogP contribution in [0.25, 0.3) is 0 Å². The van der Waals surface area contributed by atoms with Crippen LogP contribution < -0.4 is 0 Å². The van der Waals surface area contributed by atoms with Gasteiger partial charge in [-0.3, -0.25) is 4.79 Å². The van der Waals surface area contributed by atoms with Gasteiger partial charge in [0.2, 0.25) is 0 Å². The summed E-state index contributed by atoms with van der Waals surface area (Å²) >= 11 is 0. The van der Waals surface area contributed by atoms with Gasteiger partial charge in [0.25, 0.3) is 0 Å². The van der Waals surface area contributed by atoms with Gasteiger partial charge in [0.15, 0.2) is 0 Å². The van der Waals surface area contributed by atoms with E-state index in [0.717, 1.165) is 6.42 Å². The average molecular weight is 258 g/mol. The molecule has 0 amide bonds. The van der Waals surface area contributed by atoms with Gasteiger partial charge in [0.05, 0.1) is 0 Å². The van der Waals surface area contributed by atoms with Crippen LogP contribution >= 0.6 is 0 Å². The van der Waals surface area contributed by atoms with Gasteiger partial charge in [-0.2, -0.15) is 0 Å². The van der Waals surface area contributed by atoms with Gasteiger partial charge in [0.1, 0.15) is 5.78 Å². The van der Waals surface area contributed by atoms with E-state index in [1.54, 1.807) is 6.92 Å². The van der Waals surface area contributed by atoms with Crippen molar-refractivity contribution in [3.8, 4) is 0 Å². The van der Waals surface area contributed by atoms with Gasteiger partial charge in [-0.05, 0) is 35.3 Å². The van der Waals surface area contributed by atoms with Crippen molar-refractivity contribution in [1.29, 1.82) is 0 Å². The Kier molecular flexibility index (Phi) is 3.16. The number of carbonyl (C=O) groups excluding carboxylic acids is 1. The number of hydrogen-bond acceptors (Lipinski definition) is 1. The molecule has 0 saturated heterocycles. The lowest BCUT2D eigenvalue weighted by atomic mass is 9.46. The van der Waals surface area contributed by atoms with E-state index >= 15 is 0 Å². The van der Waals surface area contributed by atoms with Crippen molar-refractivity contribution < 1.29 is 4.79 Å². The molecule has 0 bridgehead atoms. The third-order valence-electron chi connectivity index (χ3n) is 5.92. The molecule has 104 valence electrons. The molecule has 1 nitrogen and oxygen atoms in total. The Morgan fingerprint density at radius 3 is 2.26 bits per heavy atom. The van der Waals surface area contributed by atoms with E-state index < -0.39 is 0 Å². The number of carbonyl (C=O) groups is 1. The summed E-state index contributed by atoms with van der Waals surface area (Å²) in [5, 5.41) is 0. The molecule has 0 fully saturated rings. The van der Waals surface area contributed by atoms with E-state index in [4.69, 9.17) is 0 Å². The Balaban J connectivity index is 2.69. The zero-order chi connectivity index (χ0) is 14.5. The molecule has 1 unspecified atom stereocenters. The van der Waals surface area contributed by atoms with Crippen LogP contribution in [0.15, 0.2) is 24.3 Å². The van der Waals surface area contributed by atoms with Crippen molar-refractivity contribution in [3.05, 3.63) is 35.4 Å². The lowest BCUT2D eigenvalue weighted by molar-refractivity contribution is -0.121. The summed E-state index contributed by atoms with van der Waals surface area (Å²) in [6.45, 7) is 13.3. The summed E-state index contributed by atoms with van der Waals surface area (Å²) in [6, 6.07) is 8.66. The minimum atomic E-state index is -0.0861. The van der Waals surface area contributed by atoms with Crippen LogP contribution in [0.2, 0.25) is 0 Å². The smallest absolute Gasteiger partial charge is 0.130 e. The normalized spacial score (nSPS) is 27.7. The zero-order valence-corrected chi connectivity index (χ0v) is 13.1. The molecule has 1 aromatic rings. The van der Waals surface area contributed by atoms with Crippen LogP contribution in [0.1, 0.15) is 59.1 Å². The Hall–Kier alpha value is -1.11. The maximum absolute atomic E-state index is 11.8. The second kappa shape index (κ2) is 4.19. The highest BCUT2D eigenvalue weighted by Gasteiger charge is 2.55. The predicted molar refractivity (Wildman–Crippen MR) is 80.4 cm³/mol. The molecule has 1 atom stereocenters. The average Bonchev–Trinajstić information content (AvgIpc) is 2.26. The van der Waals surface area contributed by atoms with Gasteiger partial charge < -0.3 is 0 Å². The summed E-state index contributed by atoms with van der Waals surface area (Å²) in [6.07, 6.45) is 1.71. The van der Waals surface area contributed by atoms with Crippen molar-refractivity contribution in [3.63, 3.8) is 0 Å². The summed E-state index contributed by atoms with van der Waals surface area (Å²) in [5.41, 5.74) is 2.97. The third-order valence-corrected chi connectivity index (χ3v) is 5.92. The third kappa shape index (κ3) is 1.94. The first kappa shape index (κ1) is 14.3. The number of fused-ring (bicyclic) bond motifs is 1. The molecule has 0 aromatic heterocycles. The second-order valence-electron chi connectivity index (χ2n) is 7.55. The number of benzene rings is 1. The van der Waals surface area contributed by atoms with Crippen molar-refractivity contribution in [2.45, 2.75) is 59.8 Å². The summed E-state index contributed by atoms with van der Waals surface area (Å²) in [5.74, 6) is 0.281. The number of ketones is 1. The van der Waals surface area contributed by atoms with E-state index in [0.29, 0.717) is 6.42 Å². The minimum Gasteiger partial charge on any atom is -0.300 e. The number of Topliss-reactive ketones (excluding diaryl/α,β-unsaturated/α-hetero) is 1. The molecule has 19 heavy (non-hydrogen) atoms. The molecule has 1 heteroatoms. The number of hydrogen-bond donors (Lipinski definition) is 0. The van der Waals surface area contributed by atoms with Gasteiger partial charge in [-0.1, -0.05) is 58.9 Å². The lowest BCUT2D eigenvalue weighted by Gasteiger charge is -2.58. The molecule has 1 aliphatic rings. The largest absolute Gasteiger partial charge is 0.300 e. The molecule has 0 spiro atoms. The zero-order valence-electron chi connectivity index (χ0n) is 13.1. The molecule has 0 heterocycles. The van der Waals surface area contributed by atoms with Crippen LogP contribution in [0.3, 0.4) is 0 Å².